The van der Waals surface area contributed by atoms with Crippen molar-refractivity contribution in [3.63, 3.8) is 0 Å². The van der Waals surface area contributed by atoms with Gasteiger partial charge in [-0.1, -0.05) is 24.3 Å². The van der Waals surface area contributed by atoms with E-state index in [0.29, 0.717) is 41.1 Å². The first-order chi connectivity index (χ1) is 19.4. The summed E-state index contributed by atoms with van der Waals surface area (Å²) in [6.45, 7) is 8.45. The van der Waals surface area contributed by atoms with Crippen molar-refractivity contribution in [2.45, 2.75) is 33.4 Å². The minimum Gasteiger partial charge on any atom is -0.504 e. The predicted octanol–water partition coefficient (Wildman–Crippen LogP) is 2.77. The number of morpholine rings is 1. The third-order valence-electron chi connectivity index (χ3n) is 7.09. The number of fused-ring (bicyclic) bond motifs is 1. The van der Waals surface area contributed by atoms with Crippen LogP contribution < -0.4 is 5.73 Å². The number of carbonyl (C=O) groups excluding carboxylic acids is 1. The van der Waals surface area contributed by atoms with Crippen molar-refractivity contribution in [1.82, 2.24) is 34.4 Å². The van der Waals surface area contributed by atoms with E-state index in [1.54, 1.807) is 23.9 Å². The number of hydrogen-bond acceptors (Lipinski definition) is 9. The van der Waals surface area contributed by atoms with Crippen molar-refractivity contribution in [2.24, 2.45) is 5.73 Å². The molecule has 0 saturated carbocycles. The van der Waals surface area contributed by atoms with Crippen LogP contribution >= 0.6 is 0 Å². The molecule has 40 heavy (non-hydrogen) atoms. The molecule has 6 rings (SSSR count). The molecular weight excluding hydrogens is 512 g/mol. The fraction of sp³-hybridized carbons (Fsp3) is 0.321. The fourth-order valence-corrected chi connectivity index (χ4v) is 4.96. The van der Waals surface area contributed by atoms with Gasteiger partial charge in [-0.05, 0) is 37.5 Å². The summed E-state index contributed by atoms with van der Waals surface area (Å²) >= 11 is 0. The van der Waals surface area contributed by atoms with Crippen LogP contribution in [0, 0.1) is 13.8 Å². The van der Waals surface area contributed by atoms with Gasteiger partial charge in [0.2, 0.25) is 0 Å². The molecule has 4 aromatic heterocycles. The maximum atomic E-state index is 12.0. The molecule has 1 aromatic carbocycles. The number of pyridine rings is 1. The lowest BCUT2D eigenvalue weighted by Crippen LogP contribution is -2.35. The second kappa shape index (κ2) is 10.5. The zero-order valence-electron chi connectivity index (χ0n) is 22.4. The Kier molecular flexibility index (Phi) is 6.78. The summed E-state index contributed by atoms with van der Waals surface area (Å²) in [7, 11) is 0. The van der Waals surface area contributed by atoms with Crippen molar-refractivity contribution in [1.29, 1.82) is 0 Å². The molecule has 0 radical (unpaired) electrons. The lowest BCUT2D eigenvalue weighted by molar-refractivity contribution is 0.0342. The van der Waals surface area contributed by atoms with E-state index >= 15 is 0 Å². The smallest absolute Gasteiger partial charge is 0.269 e. The summed E-state index contributed by atoms with van der Waals surface area (Å²) in [6.07, 6.45) is 3.72. The van der Waals surface area contributed by atoms with Gasteiger partial charge in [-0.25, -0.2) is 4.68 Å². The fourth-order valence-electron chi connectivity index (χ4n) is 4.96. The molecule has 206 valence electrons. The number of primary amides is 1. The van der Waals surface area contributed by atoms with E-state index in [0.717, 1.165) is 44.1 Å². The van der Waals surface area contributed by atoms with Gasteiger partial charge in [-0.15, -0.1) is 0 Å². The number of aromatic nitrogens is 6. The Morgan fingerprint density at radius 3 is 2.60 bits per heavy atom. The van der Waals surface area contributed by atoms with Crippen molar-refractivity contribution in [2.75, 3.05) is 26.3 Å². The van der Waals surface area contributed by atoms with Gasteiger partial charge in [0.25, 0.3) is 11.8 Å². The van der Waals surface area contributed by atoms with Gasteiger partial charge in [0, 0.05) is 37.3 Å². The minimum atomic E-state index is -0.654. The highest BCUT2D eigenvalue weighted by atomic mass is 16.5. The number of amides is 1. The van der Waals surface area contributed by atoms with E-state index < -0.39 is 5.91 Å². The van der Waals surface area contributed by atoms with Gasteiger partial charge in [-0.3, -0.25) is 19.4 Å². The summed E-state index contributed by atoms with van der Waals surface area (Å²) in [5.74, 6) is -0.162. The molecule has 1 aliphatic heterocycles. The molecule has 1 amide bonds. The molecule has 3 N–H and O–H groups in total. The Morgan fingerprint density at radius 1 is 1.10 bits per heavy atom. The number of rotatable bonds is 8. The molecule has 0 atom stereocenters. The average Bonchev–Trinajstić information content (AvgIpc) is 3.64. The predicted molar refractivity (Wildman–Crippen MR) is 146 cm³/mol. The van der Waals surface area contributed by atoms with E-state index in [9.17, 15) is 9.90 Å². The van der Waals surface area contributed by atoms with Gasteiger partial charge >= 0.3 is 0 Å². The van der Waals surface area contributed by atoms with Gasteiger partial charge < -0.3 is 20.0 Å². The highest BCUT2D eigenvalue weighted by molar-refractivity contribution is 6.04. The van der Waals surface area contributed by atoms with Gasteiger partial charge in [0.1, 0.15) is 12.0 Å². The molecule has 5 aromatic rings. The third kappa shape index (κ3) is 4.94. The van der Waals surface area contributed by atoms with Crippen LogP contribution in [0.15, 0.2) is 47.2 Å². The Hall–Kier alpha value is -4.55. The molecule has 5 heterocycles. The number of carbonyl (C=O) groups is 1. The Labute approximate surface area is 230 Å². The third-order valence-corrected chi connectivity index (χ3v) is 7.09. The number of nitrogens with zero attached hydrogens (tertiary/aromatic N) is 7. The maximum Gasteiger partial charge on any atom is 0.269 e. The topological polar surface area (TPSA) is 150 Å². The van der Waals surface area contributed by atoms with Crippen molar-refractivity contribution in [3.8, 4) is 23.2 Å². The summed E-state index contributed by atoms with van der Waals surface area (Å²) in [4.78, 5) is 23.3. The lowest BCUT2D eigenvalue weighted by atomic mass is 10.1. The number of aromatic hydroxyl groups is 1. The quantitative estimate of drug-likeness (QED) is 0.302. The summed E-state index contributed by atoms with van der Waals surface area (Å²) in [6, 6.07) is 10.3. The minimum absolute atomic E-state index is 0.00491. The molecule has 1 saturated heterocycles. The molecule has 0 unspecified atom stereocenters. The first-order valence-corrected chi connectivity index (χ1v) is 13.1. The molecule has 12 heteroatoms. The van der Waals surface area contributed by atoms with Crippen molar-refractivity contribution in [3.05, 3.63) is 71.0 Å². The number of ether oxygens (including phenoxy) is 1. The number of benzene rings is 1. The van der Waals surface area contributed by atoms with E-state index in [2.05, 4.69) is 49.3 Å². The SMILES string of the molecule is Cc1cc2c(C(N)=O)nn(-c3coc(-c4c(O)c(C)nn4CCc4ccc(CN5CCOCC5)cc4)n3)c2cn1. The molecule has 12 nitrogen and oxygen atoms in total. The van der Waals surface area contributed by atoms with Crippen LogP contribution in [0.2, 0.25) is 0 Å². The zero-order valence-corrected chi connectivity index (χ0v) is 22.4. The summed E-state index contributed by atoms with van der Waals surface area (Å²) in [5, 5.41) is 20.3. The first kappa shape index (κ1) is 25.7. The number of nitrogens with two attached hydrogens (primary N) is 1. The van der Waals surface area contributed by atoms with Crippen molar-refractivity contribution >= 4 is 16.8 Å². The first-order valence-electron chi connectivity index (χ1n) is 13.1. The van der Waals surface area contributed by atoms with Crippen LogP contribution in [0.1, 0.15) is 33.0 Å². The van der Waals surface area contributed by atoms with E-state index in [1.807, 2.05) is 6.92 Å². The standard InChI is InChI=1S/C28H30N8O4/c1-17-13-21-22(14-30-17)36(33-24(21)27(29)38)23-16-40-28(31-23)25-26(37)18(2)32-35(25)8-7-19-3-5-20(6-4-19)15-34-9-11-39-12-10-34/h3-6,13-14,16,37H,7-12,15H2,1-2H3,(H2,29,38). The number of oxazole rings is 1. The van der Waals surface area contributed by atoms with Gasteiger partial charge in [0.05, 0.1) is 24.9 Å². The second-order valence-corrected chi connectivity index (χ2v) is 9.94. The molecule has 0 aliphatic carbocycles. The normalized spacial score (nSPS) is 14.2. The molecule has 1 fully saturated rings. The van der Waals surface area contributed by atoms with Crippen LogP contribution in [0.5, 0.6) is 5.75 Å². The highest BCUT2D eigenvalue weighted by Crippen LogP contribution is 2.33. The van der Waals surface area contributed by atoms with E-state index in [-0.39, 0.29) is 17.3 Å². The molecular formula is C28H30N8O4. The van der Waals surface area contributed by atoms with Crippen LogP contribution in [-0.4, -0.2) is 71.7 Å². The highest BCUT2D eigenvalue weighted by Gasteiger charge is 2.24. The second-order valence-electron chi connectivity index (χ2n) is 9.94. The van der Waals surface area contributed by atoms with Crippen molar-refractivity contribution < 1.29 is 19.1 Å². The van der Waals surface area contributed by atoms with Crippen LogP contribution in [-0.2, 0) is 24.2 Å². The molecule has 0 bridgehead atoms. The molecule has 1 aliphatic rings. The van der Waals surface area contributed by atoms with Crippen LogP contribution in [0.4, 0.5) is 0 Å². The van der Waals surface area contributed by atoms with Gasteiger partial charge in [0.15, 0.2) is 23.0 Å². The Balaban J connectivity index is 1.23. The van der Waals surface area contributed by atoms with Crippen LogP contribution in [0.25, 0.3) is 28.3 Å². The average molecular weight is 543 g/mol. The zero-order chi connectivity index (χ0) is 27.8. The maximum absolute atomic E-state index is 12.0. The summed E-state index contributed by atoms with van der Waals surface area (Å²) < 4.78 is 14.4. The Morgan fingerprint density at radius 2 is 1.85 bits per heavy atom. The monoisotopic (exact) mass is 542 g/mol. The number of hydrogen-bond donors (Lipinski definition) is 2. The number of aryl methyl sites for hydroxylation is 4. The van der Waals surface area contributed by atoms with Gasteiger partial charge in [-0.2, -0.15) is 15.2 Å². The Bertz CT molecular complexity index is 1680. The lowest BCUT2D eigenvalue weighted by Gasteiger charge is -2.26. The van der Waals surface area contributed by atoms with Crippen LogP contribution in [0.3, 0.4) is 0 Å². The van der Waals surface area contributed by atoms with E-state index in [4.69, 9.17) is 14.9 Å². The summed E-state index contributed by atoms with van der Waals surface area (Å²) in [5.41, 5.74) is 10.2. The van der Waals surface area contributed by atoms with E-state index in [1.165, 1.54) is 16.5 Å². The molecule has 0 spiro atoms. The largest absolute Gasteiger partial charge is 0.504 e.